The molecule has 0 heterocycles. The minimum absolute atomic E-state index is 0.0647. The molecule has 1 N–H and O–H groups in total. The van der Waals surface area contributed by atoms with Crippen LogP contribution in [0.15, 0.2) is 37.0 Å². The zero-order valence-corrected chi connectivity index (χ0v) is 12.4. The van der Waals surface area contributed by atoms with Gasteiger partial charge in [-0.3, -0.25) is 9.59 Å². The van der Waals surface area contributed by atoms with Gasteiger partial charge < -0.3 is 5.32 Å². The van der Waals surface area contributed by atoms with Crippen LogP contribution in [0.4, 0.5) is 0 Å². The van der Waals surface area contributed by atoms with E-state index in [1.807, 2.05) is 26.8 Å². The number of amides is 1. The Labute approximate surface area is 116 Å². The van der Waals surface area contributed by atoms with Crippen LogP contribution in [0.3, 0.4) is 0 Å². The molecule has 3 nitrogen and oxygen atoms in total. The van der Waals surface area contributed by atoms with E-state index in [1.165, 1.54) is 6.92 Å². The minimum atomic E-state index is -0.551. The molecule has 0 fully saturated rings. The summed E-state index contributed by atoms with van der Waals surface area (Å²) in [6, 6.07) is -0.0647. The summed E-state index contributed by atoms with van der Waals surface area (Å²) in [5.74, 6) is -0.726. The van der Waals surface area contributed by atoms with Crippen molar-refractivity contribution in [2.75, 3.05) is 0 Å². The molecule has 0 rings (SSSR count). The fourth-order valence-electron chi connectivity index (χ4n) is 1.94. The average molecular weight is 263 g/mol. The third-order valence-corrected chi connectivity index (χ3v) is 3.41. The van der Waals surface area contributed by atoms with Crippen LogP contribution in [0, 0.1) is 11.8 Å². The van der Waals surface area contributed by atoms with Gasteiger partial charge in [-0.1, -0.05) is 45.2 Å². The van der Waals surface area contributed by atoms with Gasteiger partial charge in [-0.25, -0.2) is 0 Å². The van der Waals surface area contributed by atoms with E-state index in [9.17, 15) is 9.59 Å². The predicted octanol–water partition coefficient (Wildman–Crippen LogP) is 3.04. The summed E-state index contributed by atoms with van der Waals surface area (Å²) in [6.45, 7) is 14.6. The molecule has 19 heavy (non-hydrogen) atoms. The molecule has 0 saturated heterocycles. The molecule has 0 aliphatic heterocycles. The first-order valence-electron chi connectivity index (χ1n) is 6.64. The lowest BCUT2D eigenvalue weighted by Crippen LogP contribution is -2.42. The zero-order chi connectivity index (χ0) is 15.0. The molecule has 0 aliphatic rings. The quantitative estimate of drug-likeness (QED) is 0.540. The fourth-order valence-corrected chi connectivity index (χ4v) is 1.94. The Morgan fingerprint density at radius 2 is 1.84 bits per heavy atom. The van der Waals surface area contributed by atoms with Gasteiger partial charge in [-0.05, 0) is 25.8 Å². The van der Waals surface area contributed by atoms with Gasteiger partial charge in [0.2, 0.25) is 5.91 Å². The molecule has 0 aromatic heterocycles. The van der Waals surface area contributed by atoms with Crippen LogP contribution in [0.1, 0.15) is 34.1 Å². The molecule has 3 atom stereocenters. The number of Topliss-reactive ketones (excluding diaryl/α,β-unsaturated/α-hetero) is 1. The minimum Gasteiger partial charge on any atom is -0.352 e. The van der Waals surface area contributed by atoms with Gasteiger partial charge in [0.1, 0.15) is 5.78 Å². The first-order valence-corrected chi connectivity index (χ1v) is 6.64. The van der Waals surface area contributed by atoms with E-state index < -0.39 is 5.92 Å². The van der Waals surface area contributed by atoms with Gasteiger partial charge >= 0.3 is 0 Å². The topological polar surface area (TPSA) is 46.2 Å². The summed E-state index contributed by atoms with van der Waals surface area (Å²) in [5, 5.41) is 2.90. The van der Waals surface area contributed by atoms with Crippen molar-refractivity contribution < 1.29 is 9.59 Å². The van der Waals surface area contributed by atoms with E-state index in [-0.39, 0.29) is 23.7 Å². The van der Waals surface area contributed by atoms with Crippen LogP contribution in [0.2, 0.25) is 0 Å². The van der Waals surface area contributed by atoms with Crippen LogP contribution in [-0.4, -0.2) is 17.7 Å². The summed E-state index contributed by atoms with van der Waals surface area (Å²) in [6.07, 6.45) is 5.87. The van der Waals surface area contributed by atoms with Crippen LogP contribution >= 0.6 is 0 Å². The first-order chi connectivity index (χ1) is 8.88. The van der Waals surface area contributed by atoms with Gasteiger partial charge in [0.15, 0.2) is 0 Å². The van der Waals surface area contributed by atoms with Crippen molar-refractivity contribution in [3.63, 3.8) is 0 Å². The molecule has 0 radical (unpaired) electrons. The van der Waals surface area contributed by atoms with E-state index in [4.69, 9.17) is 0 Å². The van der Waals surface area contributed by atoms with E-state index in [0.717, 1.165) is 5.57 Å². The highest BCUT2D eigenvalue weighted by Gasteiger charge is 2.24. The Kier molecular flexibility index (Phi) is 7.73. The summed E-state index contributed by atoms with van der Waals surface area (Å²) in [7, 11) is 0. The van der Waals surface area contributed by atoms with Crippen LogP contribution in [0.5, 0.6) is 0 Å². The molecule has 0 aliphatic carbocycles. The van der Waals surface area contributed by atoms with Gasteiger partial charge in [0, 0.05) is 12.0 Å². The van der Waals surface area contributed by atoms with E-state index in [0.29, 0.717) is 6.42 Å². The second-order valence-corrected chi connectivity index (χ2v) is 4.76. The molecule has 0 aromatic carbocycles. The molecule has 0 saturated carbocycles. The lowest BCUT2D eigenvalue weighted by Gasteiger charge is -2.24. The van der Waals surface area contributed by atoms with E-state index in [1.54, 1.807) is 12.2 Å². The fraction of sp³-hybridized carbons (Fsp3) is 0.500. The summed E-state index contributed by atoms with van der Waals surface area (Å²) >= 11 is 0. The number of hydrogen-bond donors (Lipinski definition) is 1. The van der Waals surface area contributed by atoms with Crippen molar-refractivity contribution in [3.05, 3.63) is 37.0 Å². The number of allylic oxidation sites excluding steroid dienone is 3. The number of hydrogen-bond acceptors (Lipinski definition) is 2. The Morgan fingerprint density at radius 3 is 2.21 bits per heavy atom. The van der Waals surface area contributed by atoms with E-state index in [2.05, 4.69) is 18.5 Å². The lowest BCUT2D eigenvalue weighted by molar-refractivity contribution is -0.133. The Bertz CT molecular complexity index is 382. The highest BCUT2D eigenvalue weighted by Crippen LogP contribution is 2.17. The Balaban J connectivity index is 4.76. The summed E-state index contributed by atoms with van der Waals surface area (Å²) in [5.41, 5.74) is 1.01. The maximum Gasteiger partial charge on any atom is 0.230 e. The molecular weight excluding hydrogens is 238 g/mol. The standard InChI is InChI=1S/C16H25NO2/c1-7-10-14(8-2)11(4)12(5)17-16(19)15(9-3)13(6)18/h7-8,10-12,15H,1-2,9H2,3-6H3,(H,17,19)/b14-10+. The van der Waals surface area contributed by atoms with Crippen molar-refractivity contribution in [2.24, 2.45) is 11.8 Å². The third kappa shape index (κ3) is 5.25. The number of nitrogens with one attached hydrogen (secondary N) is 1. The predicted molar refractivity (Wildman–Crippen MR) is 79.7 cm³/mol. The Morgan fingerprint density at radius 1 is 1.26 bits per heavy atom. The molecule has 0 aromatic rings. The molecule has 3 heteroatoms. The maximum absolute atomic E-state index is 12.0. The molecule has 106 valence electrons. The van der Waals surface area contributed by atoms with Gasteiger partial charge in [-0.2, -0.15) is 0 Å². The smallest absolute Gasteiger partial charge is 0.230 e. The van der Waals surface area contributed by atoms with E-state index >= 15 is 0 Å². The first kappa shape index (κ1) is 17.4. The number of carbonyl (C=O) groups is 2. The second kappa shape index (κ2) is 8.46. The molecule has 3 unspecified atom stereocenters. The van der Waals surface area contributed by atoms with Crippen molar-refractivity contribution in [1.82, 2.24) is 5.32 Å². The number of rotatable bonds is 8. The monoisotopic (exact) mass is 263 g/mol. The number of ketones is 1. The molecular formula is C16H25NO2. The SMILES string of the molecule is C=C/C=C(\C=C)C(C)C(C)NC(=O)C(CC)C(C)=O. The second-order valence-electron chi connectivity index (χ2n) is 4.76. The maximum atomic E-state index is 12.0. The molecule has 0 bridgehead atoms. The zero-order valence-electron chi connectivity index (χ0n) is 12.4. The third-order valence-electron chi connectivity index (χ3n) is 3.41. The van der Waals surface area contributed by atoms with Crippen molar-refractivity contribution in [3.8, 4) is 0 Å². The Hall–Kier alpha value is -1.64. The van der Waals surface area contributed by atoms with Crippen LogP contribution < -0.4 is 5.32 Å². The molecule has 1 amide bonds. The highest BCUT2D eigenvalue weighted by molar-refractivity contribution is 6.00. The normalized spacial score (nSPS) is 16.1. The summed E-state index contributed by atoms with van der Waals surface area (Å²) < 4.78 is 0. The van der Waals surface area contributed by atoms with Gasteiger partial charge in [-0.15, -0.1) is 0 Å². The largest absolute Gasteiger partial charge is 0.352 e. The number of carbonyl (C=O) groups excluding carboxylic acids is 2. The lowest BCUT2D eigenvalue weighted by atomic mass is 9.92. The van der Waals surface area contributed by atoms with Gasteiger partial charge in [0.25, 0.3) is 0 Å². The van der Waals surface area contributed by atoms with Crippen molar-refractivity contribution in [2.45, 2.75) is 40.2 Å². The van der Waals surface area contributed by atoms with Gasteiger partial charge in [0.05, 0.1) is 5.92 Å². The van der Waals surface area contributed by atoms with Crippen molar-refractivity contribution in [1.29, 1.82) is 0 Å². The average Bonchev–Trinajstić information content (AvgIpc) is 2.35. The van der Waals surface area contributed by atoms with Crippen LogP contribution in [0.25, 0.3) is 0 Å². The van der Waals surface area contributed by atoms with Crippen LogP contribution in [-0.2, 0) is 9.59 Å². The highest BCUT2D eigenvalue weighted by atomic mass is 16.2. The molecule has 0 spiro atoms. The summed E-state index contributed by atoms with van der Waals surface area (Å²) in [4.78, 5) is 23.4. The van der Waals surface area contributed by atoms with Crippen molar-refractivity contribution >= 4 is 11.7 Å².